The van der Waals surface area contributed by atoms with Crippen LogP contribution in [0, 0.1) is 0 Å². The van der Waals surface area contributed by atoms with Gasteiger partial charge >= 0.3 is 5.97 Å². The Morgan fingerprint density at radius 2 is 2.25 bits per heavy atom. The van der Waals surface area contributed by atoms with Crippen molar-refractivity contribution in [2.24, 2.45) is 4.99 Å². The Bertz CT molecular complexity index is 580. The smallest absolute Gasteiger partial charge is 0.337 e. The van der Waals surface area contributed by atoms with Crippen molar-refractivity contribution in [3.63, 3.8) is 0 Å². The van der Waals surface area contributed by atoms with E-state index >= 15 is 0 Å². The fourth-order valence-corrected chi connectivity index (χ4v) is 2.09. The third-order valence-electron chi connectivity index (χ3n) is 2.82. The lowest BCUT2D eigenvalue weighted by molar-refractivity contribution is 0.0698. The van der Waals surface area contributed by atoms with E-state index < -0.39 is 5.97 Å². The number of aliphatic imine (C=N–C) groups is 1. The summed E-state index contributed by atoms with van der Waals surface area (Å²) in [5.41, 5.74) is 3.83. The standard InChI is InChI=1S/C13H9NO2/c15-13(16)10-6-3-5-9-8-4-1-2-7-11(8)14-12(9)10/h1-6H,7H2,(H,15,16). The topological polar surface area (TPSA) is 49.7 Å². The number of benzene rings is 1. The Morgan fingerprint density at radius 3 is 3.06 bits per heavy atom. The van der Waals surface area contributed by atoms with E-state index in [0.29, 0.717) is 5.69 Å². The van der Waals surface area contributed by atoms with E-state index in [1.807, 2.05) is 24.3 Å². The van der Waals surface area contributed by atoms with Gasteiger partial charge in [-0.05, 0) is 6.07 Å². The molecule has 3 nitrogen and oxygen atoms in total. The summed E-state index contributed by atoms with van der Waals surface area (Å²) in [4.78, 5) is 15.5. The van der Waals surface area contributed by atoms with Gasteiger partial charge in [0.25, 0.3) is 0 Å². The van der Waals surface area contributed by atoms with Gasteiger partial charge in [-0.2, -0.15) is 0 Å². The first-order valence-electron chi connectivity index (χ1n) is 5.09. The molecule has 2 aliphatic rings. The van der Waals surface area contributed by atoms with Gasteiger partial charge in [-0.15, -0.1) is 0 Å². The summed E-state index contributed by atoms with van der Waals surface area (Å²) < 4.78 is 0. The zero-order valence-corrected chi connectivity index (χ0v) is 8.47. The number of fused-ring (bicyclic) bond motifs is 3. The van der Waals surface area contributed by atoms with Crippen LogP contribution in [0.25, 0.3) is 5.57 Å². The van der Waals surface area contributed by atoms with Gasteiger partial charge in [0, 0.05) is 17.6 Å². The monoisotopic (exact) mass is 211 g/mol. The molecule has 1 aliphatic heterocycles. The molecule has 1 aromatic carbocycles. The Kier molecular flexibility index (Phi) is 1.80. The normalized spacial score (nSPS) is 16.2. The van der Waals surface area contributed by atoms with Gasteiger partial charge in [0.05, 0.1) is 17.0 Å². The Hall–Kier alpha value is -2.16. The number of rotatable bonds is 1. The minimum Gasteiger partial charge on any atom is -0.478 e. The van der Waals surface area contributed by atoms with E-state index in [4.69, 9.17) is 5.11 Å². The molecule has 0 saturated carbocycles. The number of carboxylic acids is 1. The minimum atomic E-state index is -0.923. The number of carbonyl (C=O) groups is 1. The number of hydrogen-bond acceptors (Lipinski definition) is 2. The molecule has 78 valence electrons. The van der Waals surface area contributed by atoms with Crippen molar-refractivity contribution >= 4 is 22.9 Å². The van der Waals surface area contributed by atoms with E-state index in [-0.39, 0.29) is 5.56 Å². The van der Waals surface area contributed by atoms with Gasteiger partial charge in [0.2, 0.25) is 0 Å². The zero-order chi connectivity index (χ0) is 11.1. The molecule has 0 radical (unpaired) electrons. The molecular weight excluding hydrogens is 202 g/mol. The van der Waals surface area contributed by atoms with Crippen LogP contribution in [0.1, 0.15) is 22.3 Å². The molecule has 0 bridgehead atoms. The van der Waals surface area contributed by atoms with E-state index in [9.17, 15) is 4.79 Å². The molecule has 3 rings (SSSR count). The molecule has 1 aromatic rings. The van der Waals surface area contributed by atoms with E-state index in [2.05, 4.69) is 4.99 Å². The van der Waals surface area contributed by atoms with Crippen LogP contribution in [0.2, 0.25) is 0 Å². The summed E-state index contributed by atoms with van der Waals surface area (Å²) in [5.74, 6) is -0.923. The fraction of sp³-hybridized carbons (Fsp3) is 0.0769. The summed E-state index contributed by atoms with van der Waals surface area (Å²) in [6, 6.07) is 5.28. The summed E-state index contributed by atoms with van der Waals surface area (Å²) in [5, 5.41) is 9.08. The third-order valence-corrected chi connectivity index (χ3v) is 2.82. The first kappa shape index (κ1) is 9.09. The molecular formula is C13H9NO2. The van der Waals surface area contributed by atoms with E-state index in [1.165, 1.54) is 0 Å². The molecule has 0 unspecified atom stereocenters. The van der Waals surface area contributed by atoms with Crippen molar-refractivity contribution in [1.29, 1.82) is 0 Å². The summed E-state index contributed by atoms with van der Waals surface area (Å²) in [7, 11) is 0. The van der Waals surface area contributed by atoms with Crippen LogP contribution in [0.5, 0.6) is 0 Å². The SMILES string of the molecule is O=C(O)c1cccc2c1N=C1CC=CC=C12. The second-order valence-electron chi connectivity index (χ2n) is 3.78. The molecule has 16 heavy (non-hydrogen) atoms. The summed E-state index contributed by atoms with van der Waals surface area (Å²) in [6.07, 6.45) is 6.77. The highest BCUT2D eigenvalue weighted by molar-refractivity contribution is 6.31. The maximum absolute atomic E-state index is 11.1. The molecule has 0 fully saturated rings. The molecule has 0 amide bonds. The van der Waals surface area contributed by atoms with Crippen molar-refractivity contribution in [1.82, 2.24) is 0 Å². The molecule has 1 aliphatic carbocycles. The van der Waals surface area contributed by atoms with Crippen LogP contribution >= 0.6 is 0 Å². The fourth-order valence-electron chi connectivity index (χ4n) is 2.09. The summed E-state index contributed by atoms with van der Waals surface area (Å²) >= 11 is 0. The van der Waals surface area contributed by atoms with E-state index in [0.717, 1.165) is 23.3 Å². The predicted molar refractivity (Wildman–Crippen MR) is 62.2 cm³/mol. The molecule has 3 heteroatoms. The van der Waals surface area contributed by atoms with Crippen LogP contribution < -0.4 is 0 Å². The quantitative estimate of drug-likeness (QED) is 0.776. The average molecular weight is 211 g/mol. The molecule has 1 N–H and O–H groups in total. The zero-order valence-electron chi connectivity index (χ0n) is 8.47. The highest BCUT2D eigenvalue weighted by Crippen LogP contribution is 2.39. The van der Waals surface area contributed by atoms with Crippen molar-refractivity contribution < 1.29 is 9.90 Å². The van der Waals surface area contributed by atoms with Crippen molar-refractivity contribution in [3.8, 4) is 0 Å². The lowest BCUT2D eigenvalue weighted by Gasteiger charge is -2.05. The van der Waals surface area contributed by atoms with E-state index in [1.54, 1.807) is 12.1 Å². The molecule has 0 saturated heterocycles. The number of carboxylic acid groups (broad SMARTS) is 1. The van der Waals surface area contributed by atoms with Crippen LogP contribution in [0.3, 0.4) is 0 Å². The van der Waals surface area contributed by atoms with Gasteiger partial charge in [-0.3, -0.25) is 4.99 Å². The van der Waals surface area contributed by atoms with Crippen LogP contribution in [0.15, 0.2) is 41.4 Å². The average Bonchev–Trinajstić information content (AvgIpc) is 2.67. The highest BCUT2D eigenvalue weighted by Gasteiger charge is 2.24. The maximum Gasteiger partial charge on any atom is 0.337 e. The predicted octanol–water partition coefficient (Wildman–Crippen LogP) is 2.81. The van der Waals surface area contributed by atoms with Crippen molar-refractivity contribution in [2.45, 2.75) is 6.42 Å². The maximum atomic E-state index is 11.1. The lowest BCUT2D eigenvalue weighted by Crippen LogP contribution is -1.98. The van der Waals surface area contributed by atoms with Gasteiger partial charge in [-0.1, -0.05) is 30.4 Å². The summed E-state index contributed by atoms with van der Waals surface area (Å²) in [6.45, 7) is 0. The Balaban J connectivity index is 2.26. The van der Waals surface area contributed by atoms with Gasteiger partial charge < -0.3 is 5.11 Å². The second kappa shape index (κ2) is 3.17. The minimum absolute atomic E-state index is 0.278. The number of aromatic carboxylic acids is 1. The Labute approximate surface area is 92.4 Å². The molecule has 0 spiro atoms. The number of hydrogen-bond donors (Lipinski definition) is 1. The number of allylic oxidation sites excluding steroid dienone is 4. The molecule has 1 heterocycles. The van der Waals surface area contributed by atoms with Crippen LogP contribution in [-0.2, 0) is 0 Å². The largest absolute Gasteiger partial charge is 0.478 e. The first-order valence-corrected chi connectivity index (χ1v) is 5.09. The van der Waals surface area contributed by atoms with Crippen LogP contribution in [0.4, 0.5) is 5.69 Å². The van der Waals surface area contributed by atoms with Crippen molar-refractivity contribution in [2.75, 3.05) is 0 Å². The van der Waals surface area contributed by atoms with Gasteiger partial charge in [-0.25, -0.2) is 4.79 Å². The highest BCUT2D eigenvalue weighted by atomic mass is 16.4. The number of nitrogens with zero attached hydrogens (tertiary/aromatic N) is 1. The Morgan fingerprint density at radius 1 is 1.38 bits per heavy atom. The third kappa shape index (κ3) is 1.15. The van der Waals surface area contributed by atoms with Crippen molar-refractivity contribution in [3.05, 3.63) is 47.6 Å². The number of para-hydroxylation sites is 1. The molecule has 0 atom stereocenters. The van der Waals surface area contributed by atoms with Gasteiger partial charge in [0.15, 0.2) is 0 Å². The first-order chi connectivity index (χ1) is 7.77. The molecule has 0 aromatic heterocycles. The lowest BCUT2D eigenvalue weighted by atomic mass is 9.96. The van der Waals surface area contributed by atoms with Gasteiger partial charge in [0.1, 0.15) is 0 Å². The van der Waals surface area contributed by atoms with Crippen LogP contribution in [-0.4, -0.2) is 16.8 Å². The second-order valence-corrected chi connectivity index (χ2v) is 3.78.